The molecular weight excluding hydrogens is 332 g/mol. The Bertz CT molecular complexity index is 809. The third-order valence-corrected chi connectivity index (χ3v) is 4.84. The van der Waals surface area contributed by atoms with Crippen molar-refractivity contribution in [3.8, 4) is 5.75 Å². The molecule has 1 aliphatic rings. The van der Waals surface area contributed by atoms with E-state index in [2.05, 4.69) is 5.32 Å². The van der Waals surface area contributed by atoms with Crippen molar-refractivity contribution < 1.29 is 14.3 Å². The van der Waals surface area contributed by atoms with Gasteiger partial charge >= 0.3 is 0 Å². The number of ether oxygens (including phenoxy) is 2. The first-order valence-corrected chi connectivity index (χ1v) is 9.22. The molecule has 26 heavy (non-hydrogen) atoms. The molecule has 1 heterocycles. The molecule has 0 aliphatic heterocycles. The van der Waals surface area contributed by atoms with E-state index in [0.29, 0.717) is 24.3 Å². The van der Waals surface area contributed by atoms with Gasteiger partial charge in [-0.3, -0.25) is 9.59 Å². The molecule has 1 saturated carbocycles. The molecule has 1 aromatic heterocycles. The number of methoxy groups -OCH3 is 1. The maximum absolute atomic E-state index is 12.6. The van der Waals surface area contributed by atoms with Gasteiger partial charge < -0.3 is 19.4 Å². The molecule has 140 valence electrons. The van der Waals surface area contributed by atoms with Gasteiger partial charge in [0, 0.05) is 31.3 Å². The lowest BCUT2D eigenvalue weighted by molar-refractivity contribution is -0.124. The second-order valence-electron chi connectivity index (χ2n) is 6.72. The number of hydrogen-bond donors (Lipinski definition) is 1. The van der Waals surface area contributed by atoms with Gasteiger partial charge in [0.1, 0.15) is 5.75 Å². The Balaban J connectivity index is 1.68. The van der Waals surface area contributed by atoms with Crippen LogP contribution in [-0.4, -0.2) is 36.8 Å². The lowest BCUT2D eigenvalue weighted by atomic mass is 9.95. The Kier molecular flexibility index (Phi) is 6.28. The molecule has 1 aliphatic carbocycles. The predicted octanol–water partition coefficient (Wildman–Crippen LogP) is 2.48. The number of aromatic nitrogens is 1. The van der Waals surface area contributed by atoms with E-state index in [9.17, 15) is 9.59 Å². The Labute approximate surface area is 153 Å². The average Bonchev–Trinajstić information content (AvgIpc) is 2.67. The van der Waals surface area contributed by atoms with Crippen LogP contribution in [0, 0.1) is 0 Å². The number of hydrogen-bond acceptors (Lipinski definition) is 4. The minimum atomic E-state index is -0.109. The molecule has 0 radical (unpaired) electrons. The summed E-state index contributed by atoms with van der Waals surface area (Å²) in [6.07, 6.45) is 7.41. The highest BCUT2D eigenvalue weighted by Crippen LogP contribution is 2.23. The van der Waals surface area contributed by atoms with E-state index >= 15 is 0 Å². The summed E-state index contributed by atoms with van der Waals surface area (Å²) in [6, 6.07) is 7.45. The van der Waals surface area contributed by atoms with E-state index in [4.69, 9.17) is 9.47 Å². The fourth-order valence-electron chi connectivity index (χ4n) is 3.44. The van der Waals surface area contributed by atoms with Gasteiger partial charge in [-0.1, -0.05) is 25.3 Å². The molecule has 2 aromatic rings. The standard InChI is InChI=1S/C20H26N2O4/c1-25-13-12-22-11-10-16-17(20(22)24)8-5-9-18(16)26-14-19(23)21-15-6-3-2-4-7-15/h5,8-11,15H,2-4,6-7,12-14H2,1H3,(H,21,23). The van der Waals surface area contributed by atoms with Crippen molar-refractivity contribution in [2.75, 3.05) is 20.3 Å². The van der Waals surface area contributed by atoms with Crippen molar-refractivity contribution in [2.45, 2.75) is 44.7 Å². The minimum Gasteiger partial charge on any atom is -0.483 e. The first-order chi connectivity index (χ1) is 12.7. The van der Waals surface area contributed by atoms with Crippen LogP contribution in [0.4, 0.5) is 0 Å². The molecule has 0 bridgehead atoms. The highest BCUT2D eigenvalue weighted by Gasteiger charge is 2.16. The summed E-state index contributed by atoms with van der Waals surface area (Å²) in [6.45, 7) is 0.936. The number of carbonyl (C=O) groups excluding carboxylic acids is 1. The van der Waals surface area contributed by atoms with Crippen molar-refractivity contribution in [3.63, 3.8) is 0 Å². The van der Waals surface area contributed by atoms with Gasteiger partial charge in [-0.25, -0.2) is 0 Å². The normalized spacial score (nSPS) is 15.1. The molecule has 6 heteroatoms. The van der Waals surface area contributed by atoms with Crippen LogP contribution in [0.25, 0.3) is 10.8 Å². The molecule has 1 N–H and O–H groups in total. The lowest BCUT2D eigenvalue weighted by Crippen LogP contribution is -2.39. The van der Waals surface area contributed by atoms with E-state index < -0.39 is 0 Å². The van der Waals surface area contributed by atoms with Crippen LogP contribution in [0.15, 0.2) is 35.3 Å². The number of rotatable bonds is 7. The third-order valence-electron chi connectivity index (χ3n) is 4.84. The molecule has 1 aromatic carbocycles. The van der Waals surface area contributed by atoms with Crippen LogP contribution in [0.5, 0.6) is 5.75 Å². The molecule has 1 fully saturated rings. The number of pyridine rings is 1. The number of nitrogens with one attached hydrogen (secondary N) is 1. The minimum absolute atomic E-state index is 0.0393. The van der Waals surface area contributed by atoms with Crippen molar-refractivity contribution in [3.05, 3.63) is 40.8 Å². The quantitative estimate of drug-likeness (QED) is 0.825. The molecule has 3 rings (SSSR count). The van der Waals surface area contributed by atoms with Gasteiger partial charge in [-0.2, -0.15) is 0 Å². The van der Waals surface area contributed by atoms with Crippen LogP contribution in [0.1, 0.15) is 32.1 Å². The van der Waals surface area contributed by atoms with Gasteiger partial charge in [0.2, 0.25) is 0 Å². The van der Waals surface area contributed by atoms with Crippen LogP contribution in [0.3, 0.4) is 0 Å². The number of benzene rings is 1. The van der Waals surface area contributed by atoms with E-state index in [1.165, 1.54) is 19.3 Å². The average molecular weight is 358 g/mol. The Hall–Kier alpha value is -2.34. The van der Waals surface area contributed by atoms with Crippen molar-refractivity contribution in [1.29, 1.82) is 0 Å². The van der Waals surface area contributed by atoms with Crippen LogP contribution >= 0.6 is 0 Å². The Morgan fingerprint density at radius 2 is 2.00 bits per heavy atom. The second-order valence-corrected chi connectivity index (χ2v) is 6.72. The monoisotopic (exact) mass is 358 g/mol. The number of fused-ring (bicyclic) bond motifs is 1. The van der Waals surface area contributed by atoms with E-state index in [1.807, 2.05) is 6.07 Å². The maximum Gasteiger partial charge on any atom is 0.258 e. The van der Waals surface area contributed by atoms with Crippen LogP contribution in [-0.2, 0) is 16.1 Å². The Morgan fingerprint density at radius 3 is 2.77 bits per heavy atom. The maximum atomic E-state index is 12.6. The summed E-state index contributed by atoms with van der Waals surface area (Å²) in [5.41, 5.74) is -0.0864. The van der Waals surface area contributed by atoms with E-state index in [1.54, 1.807) is 36.1 Å². The summed E-state index contributed by atoms with van der Waals surface area (Å²) in [5, 5.41) is 4.33. The molecule has 0 atom stereocenters. The number of nitrogens with zero attached hydrogens (tertiary/aromatic N) is 1. The first-order valence-electron chi connectivity index (χ1n) is 9.22. The second kappa shape index (κ2) is 8.85. The fraction of sp³-hybridized carbons (Fsp3) is 0.500. The highest BCUT2D eigenvalue weighted by molar-refractivity contribution is 5.88. The molecular formula is C20H26N2O4. The molecule has 0 saturated heterocycles. The van der Waals surface area contributed by atoms with Gasteiger partial charge in [-0.05, 0) is 31.0 Å². The SMILES string of the molecule is COCCn1ccc2c(OCC(=O)NC3CCCCC3)cccc2c1=O. The summed E-state index contributed by atoms with van der Waals surface area (Å²) >= 11 is 0. The molecule has 1 amide bonds. The first kappa shape index (κ1) is 18.5. The third kappa shape index (κ3) is 4.43. The summed E-state index contributed by atoms with van der Waals surface area (Å²) in [5.74, 6) is 0.444. The van der Waals surface area contributed by atoms with Crippen molar-refractivity contribution in [2.24, 2.45) is 0 Å². The van der Waals surface area contributed by atoms with Gasteiger partial charge in [-0.15, -0.1) is 0 Å². The zero-order valence-corrected chi connectivity index (χ0v) is 15.2. The molecule has 6 nitrogen and oxygen atoms in total. The van der Waals surface area contributed by atoms with E-state index in [-0.39, 0.29) is 24.1 Å². The van der Waals surface area contributed by atoms with Gasteiger partial charge in [0.05, 0.1) is 12.0 Å². The molecule has 0 unspecified atom stereocenters. The van der Waals surface area contributed by atoms with Crippen LogP contribution in [0.2, 0.25) is 0 Å². The zero-order valence-electron chi connectivity index (χ0n) is 15.2. The molecule has 0 spiro atoms. The van der Waals surface area contributed by atoms with Crippen molar-refractivity contribution >= 4 is 16.7 Å². The van der Waals surface area contributed by atoms with E-state index in [0.717, 1.165) is 18.2 Å². The number of amides is 1. The largest absolute Gasteiger partial charge is 0.483 e. The fourth-order valence-corrected chi connectivity index (χ4v) is 3.44. The Morgan fingerprint density at radius 1 is 1.19 bits per heavy atom. The summed E-state index contributed by atoms with van der Waals surface area (Å²) in [7, 11) is 1.61. The highest BCUT2D eigenvalue weighted by atomic mass is 16.5. The lowest BCUT2D eigenvalue weighted by Gasteiger charge is -2.22. The smallest absolute Gasteiger partial charge is 0.258 e. The van der Waals surface area contributed by atoms with Gasteiger partial charge in [0.15, 0.2) is 6.61 Å². The topological polar surface area (TPSA) is 69.6 Å². The predicted molar refractivity (Wildman–Crippen MR) is 101 cm³/mol. The van der Waals surface area contributed by atoms with Crippen molar-refractivity contribution in [1.82, 2.24) is 9.88 Å². The zero-order chi connectivity index (χ0) is 18.4. The summed E-state index contributed by atoms with van der Waals surface area (Å²) in [4.78, 5) is 24.7. The van der Waals surface area contributed by atoms with Crippen LogP contribution < -0.4 is 15.6 Å². The number of carbonyl (C=O) groups is 1. The summed E-state index contributed by atoms with van der Waals surface area (Å²) < 4.78 is 12.4. The van der Waals surface area contributed by atoms with Gasteiger partial charge in [0.25, 0.3) is 11.5 Å².